The molecule has 0 bridgehead atoms. The zero-order valence-electron chi connectivity index (χ0n) is 9.00. The van der Waals surface area contributed by atoms with Crippen LogP contribution in [-0.4, -0.2) is 23.1 Å². The van der Waals surface area contributed by atoms with E-state index in [1.807, 2.05) is 0 Å². The van der Waals surface area contributed by atoms with Crippen molar-refractivity contribution in [1.82, 2.24) is 9.97 Å². The summed E-state index contributed by atoms with van der Waals surface area (Å²) >= 11 is 9.36. The van der Waals surface area contributed by atoms with E-state index in [1.165, 1.54) is 6.33 Å². The van der Waals surface area contributed by atoms with E-state index < -0.39 is 0 Å². The standard InChI is InChI=1S/C10H15BrClN3/c1-3-5-15(6-4-2)10-8(11)9(12)13-7-14-10/h7H,3-6H2,1-2H3. The molecule has 5 heteroatoms. The Morgan fingerprint density at radius 1 is 1.27 bits per heavy atom. The number of hydrogen-bond acceptors (Lipinski definition) is 3. The molecule has 84 valence electrons. The molecule has 15 heavy (non-hydrogen) atoms. The Morgan fingerprint density at radius 3 is 2.40 bits per heavy atom. The van der Waals surface area contributed by atoms with Gasteiger partial charge < -0.3 is 4.90 Å². The van der Waals surface area contributed by atoms with Gasteiger partial charge in [-0.2, -0.15) is 0 Å². The third-order valence-electron chi connectivity index (χ3n) is 2.02. The minimum Gasteiger partial charge on any atom is -0.356 e. The highest BCUT2D eigenvalue weighted by atomic mass is 79.9. The molecule has 1 rings (SSSR count). The van der Waals surface area contributed by atoms with Crippen LogP contribution in [-0.2, 0) is 0 Å². The van der Waals surface area contributed by atoms with Gasteiger partial charge in [-0.1, -0.05) is 25.4 Å². The lowest BCUT2D eigenvalue weighted by molar-refractivity contribution is 0.730. The van der Waals surface area contributed by atoms with Crippen LogP contribution in [0.5, 0.6) is 0 Å². The Morgan fingerprint density at radius 2 is 1.87 bits per heavy atom. The van der Waals surface area contributed by atoms with Gasteiger partial charge in [-0.05, 0) is 28.8 Å². The van der Waals surface area contributed by atoms with Crippen LogP contribution in [0, 0.1) is 0 Å². The molecular weight excluding hydrogens is 277 g/mol. The largest absolute Gasteiger partial charge is 0.356 e. The number of anilines is 1. The first-order chi connectivity index (χ1) is 7.20. The highest BCUT2D eigenvalue weighted by Crippen LogP contribution is 2.29. The number of rotatable bonds is 5. The maximum Gasteiger partial charge on any atom is 0.148 e. The summed E-state index contributed by atoms with van der Waals surface area (Å²) in [5.41, 5.74) is 0. The SMILES string of the molecule is CCCN(CCC)c1ncnc(Cl)c1Br. The van der Waals surface area contributed by atoms with Gasteiger partial charge in [-0.25, -0.2) is 9.97 Å². The van der Waals surface area contributed by atoms with Gasteiger partial charge >= 0.3 is 0 Å². The summed E-state index contributed by atoms with van der Waals surface area (Å²) in [7, 11) is 0. The van der Waals surface area contributed by atoms with Crippen LogP contribution in [0.4, 0.5) is 5.82 Å². The fourth-order valence-corrected chi connectivity index (χ4v) is 2.01. The number of aromatic nitrogens is 2. The third kappa shape index (κ3) is 3.31. The molecule has 1 aromatic heterocycles. The highest BCUT2D eigenvalue weighted by Gasteiger charge is 2.12. The average Bonchev–Trinajstić information content (AvgIpc) is 2.22. The predicted molar refractivity (Wildman–Crippen MR) is 67.5 cm³/mol. The Hall–Kier alpha value is -0.350. The predicted octanol–water partition coefficient (Wildman–Crippen LogP) is 3.52. The van der Waals surface area contributed by atoms with Gasteiger partial charge in [0.15, 0.2) is 0 Å². The van der Waals surface area contributed by atoms with Gasteiger partial charge in [-0.15, -0.1) is 0 Å². The van der Waals surface area contributed by atoms with E-state index in [4.69, 9.17) is 11.6 Å². The van der Waals surface area contributed by atoms with Gasteiger partial charge in [0.05, 0.1) is 4.47 Å². The average molecular weight is 293 g/mol. The van der Waals surface area contributed by atoms with Crippen LogP contribution in [0.2, 0.25) is 5.15 Å². The normalized spacial score (nSPS) is 10.4. The molecule has 0 radical (unpaired) electrons. The third-order valence-corrected chi connectivity index (χ3v) is 3.26. The minimum absolute atomic E-state index is 0.470. The summed E-state index contributed by atoms with van der Waals surface area (Å²) in [4.78, 5) is 10.4. The molecule has 1 aromatic rings. The number of halogens is 2. The Bertz CT molecular complexity index is 314. The number of nitrogens with zero attached hydrogens (tertiary/aromatic N) is 3. The van der Waals surface area contributed by atoms with Crippen molar-refractivity contribution in [2.24, 2.45) is 0 Å². The van der Waals surface area contributed by atoms with Crippen molar-refractivity contribution in [3.8, 4) is 0 Å². The lowest BCUT2D eigenvalue weighted by Crippen LogP contribution is -2.26. The molecule has 0 amide bonds. The quantitative estimate of drug-likeness (QED) is 0.778. The van der Waals surface area contributed by atoms with Crippen LogP contribution < -0.4 is 4.90 Å². The van der Waals surface area contributed by atoms with Crippen molar-refractivity contribution in [1.29, 1.82) is 0 Å². The van der Waals surface area contributed by atoms with Gasteiger partial charge in [0.1, 0.15) is 17.3 Å². The van der Waals surface area contributed by atoms with Gasteiger partial charge in [0, 0.05) is 13.1 Å². The highest BCUT2D eigenvalue weighted by molar-refractivity contribution is 9.10. The van der Waals surface area contributed by atoms with Crippen molar-refractivity contribution in [3.63, 3.8) is 0 Å². The first-order valence-electron chi connectivity index (χ1n) is 5.11. The summed E-state index contributed by atoms with van der Waals surface area (Å²) in [6.07, 6.45) is 3.68. The molecular formula is C10H15BrClN3. The summed E-state index contributed by atoms with van der Waals surface area (Å²) in [6, 6.07) is 0. The van der Waals surface area contributed by atoms with Crippen molar-refractivity contribution < 1.29 is 0 Å². The molecule has 0 saturated carbocycles. The Balaban J connectivity index is 2.94. The second-order valence-corrected chi connectivity index (χ2v) is 4.44. The first-order valence-corrected chi connectivity index (χ1v) is 6.28. The Labute approximate surface area is 104 Å². The van der Waals surface area contributed by atoms with Crippen LogP contribution in [0.25, 0.3) is 0 Å². The van der Waals surface area contributed by atoms with E-state index in [1.54, 1.807) is 0 Å². The van der Waals surface area contributed by atoms with E-state index in [-0.39, 0.29) is 0 Å². The fourth-order valence-electron chi connectivity index (χ4n) is 1.42. The van der Waals surface area contributed by atoms with E-state index in [2.05, 4.69) is 44.6 Å². The lowest BCUT2D eigenvalue weighted by Gasteiger charge is -2.23. The summed E-state index contributed by atoms with van der Waals surface area (Å²) < 4.78 is 0.786. The zero-order valence-corrected chi connectivity index (χ0v) is 11.3. The minimum atomic E-state index is 0.470. The van der Waals surface area contributed by atoms with Crippen molar-refractivity contribution in [2.45, 2.75) is 26.7 Å². The monoisotopic (exact) mass is 291 g/mol. The van der Waals surface area contributed by atoms with Crippen molar-refractivity contribution in [3.05, 3.63) is 16.0 Å². The lowest BCUT2D eigenvalue weighted by atomic mass is 10.3. The van der Waals surface area contributed by atoms with Gasteiger partial charge in [0.2, 0.25) is 0 Å². The first kappa shape index (κ1) is 12.7. The molecule has 0 spiro atoms. The Kier molecular flexibility index (Phi) is 5.32. The molecule has 0 fully saturated rings. The maximum atomic E-state index is 5.93. The van der Waals surface area contributed by atoms with E-state index in [9.17, 15) is 0 Å². The zero-order chi connectivity index (χ0) is 11.3. The molecule has 0 N–H and O–H groups in total. The van der Waals surface area contributed by atoms with Crippen molar-refractivity contribution >= 4 is 33.3 Å². The van der Waals surface area contributed by atoms with Gasteiger partial charge in [-0.3, -0.25) is 0 Å². The van der Waals surface area contributed by atoms with Crippen LogP contribution in [0.1, 0.15) is 26.7 Å². The second-order valence-electron chi connectivity index (χ2n) is 3.29. The molecule has 0 aliphatic rings. The molecule has 0 unspecified atom stereocenters. The smallest absolute Gasteiger partial charge is 0.148 e. The number of hydrogen-bond donors (Lipinski definition) is 0. The van der Waals surface area contributed by atoms with Crippen molar-refractivity contribution in [2.75, 3.05) is 18.0 Å². The summed E-state index contributed by atoms with van der Waals surface area (Å²) in [6.45, 7) is 6.28. The van der Waals surface area contributed by atoms with Crippen LogP contribution >= 0.6 is 27.5 Å². The topological polar surface area (TPSA) is 29.0 Å². The van der Waals surface area contributed by atoms with E-state index in [0.29, 0.717) is 5.15 Å². The molecule has 0 aliphatic carbocycles. The molecule has 0 atom stereocenters. The molecule has 0 saturated heterocycles. The van der Waals surface area contributed by atoms with Crippen LogP contribution in [0.3, 0.4) is 0 Å². The van der Waals surface area contributed by atoms with Crippen LogP contribution in [0.15, 0.2) is 10.8 Å². The second kappa shape index (κ2) is 6.28. The summed E-state index contributed by atoms with van der Waals surface area (Å²) in [5, 5.41) is 0.470. The molecule has 3 nitrogen and oxygen atoms in total. The van der Waals surface area contributed by atoms with E-state index >= 15 is 0 Å². The summed E-state index contributed by atoms with van der Waals surface area (Å²) in [5.74, 6) is 0.888. The molecule has 1 heterocycles. The molecule has 0 aliphatic heterocycles. The maximum absolute atomic E-state index is 5.93. The van der Waals surface area contributed by atoms with Gasteiger partial charge in [0.25, 0.3) is 0 Å². The molecule has 0 aromatic carbocycles. The van der Waals surface area contributed by atoms with E-state index in [0.717, 1.165) is 36.2 Å². The fraction of sp³-hybridized carbons (Fsp3) is 0.600.